The van der Waals surface area contributed by atoms with Crippen LogP contribution in [0, 0.1) is 0 Å². The summed E-state index contributed by atoms with van der Waals surface area (Å²) >= 11 is 5.87. The maximum Gasteiger partial charge on any atom is 0.329 e. The zero-order valence-electron chi connectivity index (χ0n) is 15.2. The first-order valence-corrected chi connectivity index (χ1v) is 8.93. The zero-order valence-corrected chi connectivity index (χ0v) is 16.0. The highest BCUT2D eigenvalue weighted by molar-refractivity contribution is 6.31. The lowest BCUT2D eigenvalue weighted by Crippen LogP contribution is -2.36. The number of aryl methyl sites for hydroxylation is 1. The topological polar surface area (TPSA) is 123 Å². The standard InChI is InChI=1S/C18H19ClN4O5/c1-9(16(25)22-11-7-10(19)3-5-14(11)24)21-12-8-20-15-6-4-13(18(27)28-2)23(15)17(12)26/h3,5,7-9,13,21,24H,4,6H2,1-2H3,(H,22,25)/t9-,13+/m1/s1. The van der Waals surface area contributed by atoms with Crippen molar-refractivity contribution in [3.8, 4) is 5.75 Å². The van der Waals surface area contributed by atoms with Crippen LogP contribution >= 0.6 is 11.6 Å². The van der Waals surface area contributed by atoms with E-state index < -0.39 is 29.5 Å². The molecule has 2 atom stereocenters. The summed E-state index contributed by atoms with van der Waals surface area (Å²) in [5, 5.41) is 15.5. The number of aromatic hydroxyl groups is 1. The van der Waals surface area contributed by atoms with Crippen molar-refractivity contribution in [2.75, 3.05) is 17.7 Å². The summed E-state index contributed by atoms with van der Waals surface area (Å²) in [6.07, 6.45) is 2.26. The largest absolute Gasteiger partial charge is 0.506 e. The van der Waals surface area contributed by atoms with Crippen molar-refractivity contribution in [1.82, 2.24) is 9.55 Å². The number of aromatic nitrogens is 2. The summed E-state index contributed by atoms with van der Waals surface area (Å²) in [6.45, 7) is 1.55. The van der Waals surface area contributed by atoms with Gasteiger partial charge in [0.25, 0.3) is 5.56 Å². The van der Waals surface area contributed by atoms with Gasteiger partial charge in [0.2, 0.25) is 5.91 Å². The fraction of sp³-hybridized carbons (Fsp3) is 0.333. The Morgan fingerprint density at radius 1 is 1.39 bits per heavy atom. The number of phenols is 1. The van der Waals surface area contributed by atoms with E-state index in [1.165, 1.54) is 36.1 Å². The molecule has 2 aromatic rings. The number of esters is 1. The van der Waals surface area contributed by atoms with Crippen LogP contribution in [0.4, 0.5) is 11.4 Å². The van der Waals surface area contributed by atoms with Gasteiger partial charge in [-0.1, -0.05) is 11.6 Å². The first-order valence-electron chi connectivity index (χ1n) is 8.56. The fourth-order valence-corrected chi connectivity index (χ4v) is 3.18. The highest BCUT2D eigenvalue weighted by atomic mass is 35.5. The molecule has 0 fully saturated rings. The quantitative estimate of drug-likeness (QED) is 0.510. The molecule has 9 nitrogen and oxygen atoms in total. The number of rotatable bonds is 5. The molecule has 1 amide bonds. The van der Waals surface area contributed by atoms with Crippen molar-refractivity contribution in [3.63, 3.8) is 0 Å². The van der Waals surface area contributed by atoms with Crippen LogP contribution in [-0.2, 0) is 20.7 Å². The van der Waals surface area contributed by atoms with E-state index in [1.54, 1.807) is 6.92 Å². The SMILES string of the molecule is COC(=O)[C@@H]1CCc2ncc(N[C@H](C)C(=O)Nc3cc(Cl)ccc3O)c(=O)n21. The molecule has 148 valence electrons. The van der Waals surface area contributed by atoms with Crippen LogP contribution in [0.15, 0.2) is 29.2 Å². The van der Waals surface area contributed by atoms with Gasteiger partial charge in [-0.3, -0.25) is 14.2 Å². The lowest BCUT2D eigenvalue weighted by atomic mass is 10.2. The maximum atomic E-state index is 12.8. The number of anilines is 2. The second-order valence-corrected chi connectivity index (χ2v) is 6.79. The van der Waals surface area contributed by atoms with E-state index in [0.717, 1.165) is 0 Å². The Morgan fingerprint density at radius 3 is 2.86 bits per heavy atom. The molecule has 10 heteroatoms. The molecule has 1 aliphatic heterocycles. The minimum Gasteiger partial charge on any atom is -0.506 e. The Labute approximate surface area is 165 Å². The van der Waals surface area contributed by atoms with Crippen molar-refractivity contribution in [2.24, 2.45) is 0 Å². The van der Waals surface area contributed by atoms with Gasteiger partial charge in [-0.05, 0) is 31.5 Å². The molecule has 28 heavy (non-hydrogen) atoms. The maximum absolute atomic E-state index is 12.8. The number of halogens is 1. The van der Waals surface area contributed by atoms with Crippen molar-refractivity contribution in [1.29, 1.82) is 0 Å². The summed E-state index contributed by atoms with van der Waals surface area (Å²) in [7, 11) is 1.26. The number of phenolic OH excluding ortho intramolecular Hbond substituents is 1. The normalized spacial score (nSPS) is 16.2. The van der Waals surface area contributed by atoms with E-state index >= 15 is 0 Å². The number of hydrogen-bond donors (Lipinski definition) is 3. The Morgan fingerprint density at radius 2 is 2.14 bits per heavy atom. The molecule has 0 saturated carbocycles. The molecule has 1 aromatic carbocycles. The molecule has 1 aromatic heterocycles. The fourth-order valence-electron chi connectivity index (χ4n) is 3.01. The van der Waals surface area contributed by atoms with Crippen molar-refractivity contribution >= 4 is 34.9 Å². The van der Waals surface area contributed by atoms with Crippen LogP contribution in [-0.4, -0.2) is 39.7 Å². The van der Waals surface area contributed by atoms with Crippen LogP contribution in [0.5, 0.6) is 5.75 Å². The van der Waals surface area contributed by atoms with Crippen molar-refractivity contribution in [2.45, 2.75) is 31.8 Å². The van der Waals surface area contributed by atoms with Gasteiger partial charge in [0.05, 0.1) is 19.0 Å². The molecular weight excluding hydrogens is 388 g/mol. The number of fused-ring (bicyclic) bond motifs is 1. The highest BCUT2D eigenvalue weighted by Gasteiger charge is 2.32. The number of methoxy groups -OCH3 is 1. The molecule has 0 radical (unpaired) electrons. The second-order valence-electron chi connectivity index (χ2n) is 6.36. The molecule has 1 aliphatic rings. The number of carbonyl (C=O) groups excluding carboxylic acids is 2. The third-order valence-electron chi connectivity index (χ3n) is 4.48. The Hall–Kier alpha value is -3.07. The average Bonchev–Trinajstić information content (AvgIpc) is 3.11. The van der Waals surface area contributed by atoms with Gasteiger partial charge >= 0.3 is 5.97 Å². The van der Waals surface area contributed by atoms with E-state index in [2.05, 4.69) is 15.6 Å². The number of carbonyl (C=O) groups is 2. The summed E-state index contributed by atoms with van der Waals surface area (Å²) < 4.78 is 6.04. The number of hydrogen-bond acceptors (Lipinski definition) is 7. The predicted molar refractivity (Wildman–Crippen MR) is 103 cm³/mol. The second kappa shape index (κ2) is 7.89. The molecule has 0 bridgehead atoms. The Kier molecular flexibility index (Phi) is 5.55. The number of nitrogens with one attached hydrogen (secondary N) is 2. The van der Waals surface area contributed by atoms with E-state index in [0.29, 0.717) is 23.7 Å². The number of nitrogens with zero attached hydrogens (tertiary/aromatic N) is 2. The summed E-state index contributed by atoms with van der Waals surface area (Å²) in [5.74, 6) is -0.647. The molecule has 3 rings (SSSR count). The number of benzene rings is 1. The van der Waals surface area contributed by atoms with E-state index in [1.807, 2.05) is 0 Å². The number of amides is 1. The van der Waals surface area contributed by atoms with Crippen LogP contribution < -0.4 is 16.2 Å². The third-order valence-corrected chi connectivity index (χ3v) is 4.71. The monoisotopic (exact) mass is 406 g/mol. The van der Waals surface area contributed by atoms with Gasteiger partial charge in [0.15, 0.2) is 0 Å². The molecule has 0 aliphatic carbocycles. The minimum absolute atomic E-state index is 0.0810. The molecule has 0 spiro atoms. The molecule has 3 N–H and O–H groups in total. The predicted octanol–water partition coefficient (Wildman–Crippen LogP) is 1.70. The van der Waals surface area contributed by atoms with Crippen LogP contribution in [0.3, 0.4) is 0 Å². The van der Waals surface area contributed by atoms with Crippen molar-refractivity contribution in [3.05, 3.63) is 45.6 Å². The Balaban J connectivity index is 1.78. The lowest BCUT2D eigenvalue weighted by molar-refractivity contribution is -0.144. The first-order chi connectivity index (χ1) is 13.3. The van der Waals surface area contributed by atoms with Gasteiger partial charge in [0, 0.05) is 11.4 Å². The van der Waals surface area contributed by atoms with Gasteiger partial charge in [0.1, 0.15) is 29.3 Å². The third kappa shape index (κ3) is 3.79. The van der Waals surface area contributed by atoms with E-state index in [-0.39, 0.29) is 17.1 Å². The van der Waals surface area contributed by atoms with Crippen molar-refractivity contribution < 1.29 is 19.4 Å². The van der Waals surface area contributed by atoms with Crippen LogP contribution in [0.2, 0.25) is 5.02 Å². The first kappa shape index (κ1) is 19.7. The van der Waals surface area contributed by atoms with Gasteiger partial charge < -0.3 is 20.5 Å². The van der Waals surface area contributed by atoms with E-state index in [4.69, 9.17) is 16.3 Å². The summed E-state index contributed by atoms with van der Waals surface area (Å²) in [4.78, 5) is 41.3. The Bertz CT molecular complexity index is 990. The van der Waals surface area contributed by atoms with Gasteiger partial charge in [-0.2, -0.15) is 0 Å². The van der Waals surface area contributed by atoms with E-state index in [9.17, 15) is 19.5 Å². The van der Waals surface area contributed by atoms with Gasteiger partial charge in [-0.25, -0.2) is 9.78 Å². The smallest absolute Gasteiger partial charge is 0.329 e. The molecule has 0 unspecified atom stereocenters. The van der Waals surface area contributed by atoms with Gasteiger partial charge in [-0.15, -0.1) is 0 Å². The zero-order chi connectivity index (χ0) is 20.4. The minimum atomic E-state index is -0.829. The lowest BCUT2D eigenvalue weighted by Gasteiger charge is -2.17. The molecule has 0 saturated heterocycles. The molecular formula is C18H19ClN4O5. The highest BCUT2D eigenvalue weighted by Crippen LogP contribution is 2.27. The average molecular weight is 407 g/mol. The summed E-state index contributed by atoms with van der Waals surface area (Å²) in [6, 6.07) is 2.70. The van der Waals surface area contributed by atoms with Crippen LogP contribution in [0.25, 0.3) is 0 Å². The number of ether oxygens (including phenoxy) is 1. The van der Waals surface area contributed by atoms with Crippen LogP contribution in [0.1, 0.15) is 25.2 Å². The molecule has 2 heterocycles. The summed E-state index contributed by atoms with van der Waals surface area (Å²) in [5.41, 5.74) is -0.221.